The molecule has 0 saturated heterocycles. The summed E-state index contributed by atoms with van der Waals surface area (Å²) in [5.74, 6) is 0.919. The van der Waals surface area contributed by atoms with E-state index in [4.69, 9.17) is 9.79 Å². The number of carbonyl (C=O) groups excluding carboxylic acids is 1. The Morgan fingerprint density at radius 2 is 1.42 bits per heavy atom. The number of rotatable bonds is 6. The highest BCUT2D eigenvalue weighted by Crippen LogP contribution is 2.28. The van der Waals surface area contributed by atoms with Crippen LogP contribution in [0.4, 0.5) is 0 Å². The van der Waals surface area contributed by atoms with Crippen molar-refractivity contribution in [2.45, 2.75) is 144 Å². The smallest absolute Gasteiger partial charge is 0.116 e. The van der Waals surface area contributed by atoms with Gasteiger partial charge in [-0.05, 0) is 113 Å². The van der Waals surface area contributed by atoms with E-state index in [1.165, 1.54) is 58.7 Å². The van der Waals surface area contributed by atoms with Crippen molar-refractivity contribution in [2.24, 2.45) is 10.4 Å². The zero-order chi connectivity index (χ0) is 36.2. The summed E-state index contributed by atoms with van der Waals surface area (Å²) in [5, 5.41) is 3.36. The number of amidine groups is 1. The van der Waals surface area contributed by atoms with Gasteiger partial charge in [-0.1, -0.05) is 124 Å². The number of benzene rings is 1. The third-order valence-electron chi connectivity index (χ3n) is 6.42. The number of hydrogen-bond donors (Lipinski definition) is 1. The molecule has 1 aromatic rings. The van der Waals surface area contributed by atoms with Crippen LogP contribution in [0, 0.1) is 19.3 Å². The van der Waals surface area contributed by atoms with Crippen LogP contribution in [0.5, 0.6) is 0 Å². The minimum atomic E-state index is 0.550. The molecule has 1 aliphatic rings. The highest BCUT2D eigenvalue weighted by Gasteiger charge is 2.12. The van der Waals surface area contributed by atoms with Gasteiger partial charge in [0.15, 0.2) is 0 Å². The maximum atomic E-state index is 8.81. The minimum absolute atomic E-state index is 0.550. The lowest BCUT2D eigenvalue weighted by Gasteiger charge is -2.15. The molecular weight excluding hydrogens is 548 g/mol. The van der Waals surface area contributed by atoms with Crippen LogP contribution in [-0.2, 0) is 4.79 Å². The summed E-state index contributed by atoms with van der Waals surface area (Å²) in [6, 6.07) is 6.46. The number of allylic oxidation sites excluding steroid dienone is 8. The molecule has 0 fully saturated rings. The standard InChI is InChI=1S/C27H34N2.C7H16.C2H4O.3C2H6/c1-9-18(2)13-14-23(7)29-26-16-21(5)24(8)25(17-28-26)15-22(6)27-19(3)11-10-12-20(27)4;1-5-6-7(2,3)4;1-2-3;3*1-2/h9-15,17H,7,16H2,1-6,8H3,(H,28,29);5-6H2,1-4H3;2H,1H3;3*1-2H3/b14-13-,18-9-,22-15+;;;;;. The molecule has 256 valence electrons. The van der Waals surface area contributed by atoms with Gasteiger partial charge in [0.2, 0.25) is 0 Å². The molecule has 3 heteroatoms. The Kier molecular flexibility index (Phi) is 31.9. The number of aldehydes is 1. The molecule has 45 heavy (non-hydrogen) atoms. The molecule has 1 aromatic carbocycles. The fourth-order valence-electron chi connectivity index (χ4n) is 4.19. The number of aryl methyl sites for hydroxylation is 2. The molecule has 0 radical (unpaired) electrons. The molecule has 0 bridgehead atoms. The number of aliphatic imine (C=N–C) groups is 1. The molecule has 1 heterocycles. The first-order valence-electron chi connectivity index (χ1n) is 17.1. The molecule has 2 rings (SSSR count). The molecule has 1 N–H and O–H groups in total. The van der Waals surface area contributed by atoms with Crippen LogP contribution in [0.25, 0.3) is 5.57 Å². The molecule has 0 spiro atoms. The Morgan fingerprint density at radius 1 is 0.933 bits per heavy atom. The van der Waals surface area contributed by atoms with Gasteiger partial charge in [0.1, 0.15) is 12.1 Å². The van der Waals surface area contributed by atoms with E-state index in [1.807, 2.05) is 60.7 Å². The summed E-state index contributed by atoms with van der Waals surface area (Å²) in [5.41, 5.74) is 11.5. The molecule has 0 unspecified atom stereocenters. The van der Waals surface area contributed by atoms with E-state index in [0.717, 1.165) is 29.8 Å². The topological polar surface area (TPSA) is 41.5 Å². The second kappa shape index (κ2) is 29.5. The van der Waals surface area contributed by atoms with Gasteiger partial charge < -0.3 is 10.1 Å². The Bertz CT molecular complexity index is 1130. The van der Waals surface area contributed by atoms with Crippen LogP contribution in [0.15, 0.2) is 88.3 Å². The lowest BCUT2D eigenvalue weighted by Crippen LogP contribution is -2.21. The van der Waals surface area contributed by atoms with Gasteiger partial charge in [-0.25, -0.2) is 4.99 Å². The largest absolute Gasteiger partial charge is 0.344 e. The zero-order valence-corrected chi connectivity index (χ0v) is 32.9. The molecule has 0 aromatic heterocycles. The monoisotopic (exact) mass is 621 g/mol. The predicted molar refractivity (Wildman–Crippen MR) is 209 cm³/mol. The molecule has 0 amide bonds. The second-order valence-electron chi connectivity index (χ2n) is 11.4. The number of hydrogen-bond acceptors (Lipinski definition) is 3. The van der Waals surface area contributed by atoms with E-state index in [2.05, 4.69) is 118 Å². The second-order valence-corrected chi connectivity index (χ2v) is 11.4. The fourth-order valence-corrected chi connectivity index (χ4v) is 4.19. The van der Waals surface area contributed by atoms with E-state index < -0.39 is 0 Å². The predicted octanol–water partition coefficient (Wildman–Crippen LogP) is 13.5. The van der Waals surface area contributed by atoms with Crippen molar-refractivity contribution in [3.8, 4) is 0 Å². The van der Waals surface area contributed by atoms with Gasteiger partial charge in [-0.15, -0.1) is 0 Å². The van der Waals surface area contributed by atoms with Gasteiger partial charge in [0.05, 0.1) is 0 Å². The summed E-state index contributed by atoms with van der Waals surface area (Å²) in [6.07, 6.45) is 14.5. The zero-order valence-electron chi connectivity index (χ0n) is 32.9. The molecule has 0 saturated carbocycles. The highest BCUT2D eigenvalue weighted by atomic mass is 16.1. The first-order chi connectivity index (χ1) is 21.2. The van der Waals surface area contributed by atoms with Crippen molar-refractivity contribution in [3.63, 3.8) is 0 Å². The van der Waals surface area contributed by atoms with Gasteiger partial charge in [0.25, 0.3) is 0 Å². The number of nitrogens with one attached hydrogen (secondary N) is 1. The lowest BCUT2D eigenvalue weighted by molar-refractivity contribution is -0.106. The Hall–Kier alpha value is -3.20. The summed E-state index contributed by atoms with van der Waals surface area (Å²) in [7, 11) is 0. The highest BCUT2D eigenvalue weighted by molar-refractivity contribution is 5.88. The minimum Gasteiger partial charge on any atom is -0.344 e. The van der Waals surface area contributed by atoms with Crippen molar-refractivity contribution in [1.82, 2.24) is 5.32 Å². The van der Waals surface area contributed by atoms with E-state index in [0.29, 0.717) is 5.41 Å². The van der Waals surface area contributed by atoms with Crippen LogP contribution < -0.4 is 5.32 Å². The van der Waals surface area contributed by atoms with Crippen LogP contribution in [-0.4, -0.2) is 12.1 Å². The third-order valence-corrected chi connectivity index (χ3v) is 6.42. The molecule has 0 atom stereocenters. The van der Waals surface area contributed by atoms with Gasteiger partial charge in [-0.2, -0.15) is 0 Å². The van der Waals surface area contributed by atoms with Gasteiger partial charge in [0, 0.05) is 18.3 Å². The first-order valence-corrected chi connectivity index (χ1v) is 17.1. The van der Waals surface area contributed by atoms with E-state index in [1.54, 1.807) is 0 Å². The SMILES string of the molecule is C=C(/C=C\C(C)=C/C)NC1=NC=C(/C=C(\C)c2c(C)cccc2C)C(C)=C(C)C1.CC.CC.CC.CC=O.CCCC(C)(C)C. The van der Waals surface area contributed by atoms with Crippen molar-refractivity contribution in [2.75, 3.05) is 0 Å². The lowest BCUT2D eigenvalue weighted by atomic mass is 9.91. The molecule has 1 aliphatic heterocycles. The quantitative estimate of drug-likeness (QED) is 0.254. The van der Waals surface area contributed by atoms with E-state index >= 15 is 0 Å². The van der Waals surface area contributed by atoms with E-state index in [-0.39, 0.29) is 0 Å². The molecular formula is C42H72N2O. The van der Waals surface area contributed by atoms with E-state index in [9.17, 15) is 0 Å². The van der Waals surface area contributed by atoms with Gasteiger partial charge >= 0.3 is 0 Å². The summed E-state index contributed by atoms with van der Waals surface area (Å²) >= 11 is 0. The maximum Gasteiger partial charge on any atom is 0.116 e. The molecule has 3 nitrogen and oxygen atoms in total. The molecule has 0 aliphatic carbocycles. The average molecular weight is 621 g/mol. The number of nitrogens with zero attached hydrogens (tertiary/aromatic N) is 1. The van der Waals surface area contributed by atoms with Crippen molar-refractivity contribution >= 4 is 17.7 Å². The Labute approximate surface area is 281 Å². The van der Waals surface area contributed by atoms with Crippen LogP contribution >= 0.6 is 0 Å². The number of carbonyl (C=O) groups is 1. The third kappa shape index (κ3) is 23.8. The van der Waals surface area contributed by atoms with Crippen LogP contribution in [0.3, 0.4) is 0 Å². The van der Waals surface area contributed by atoms with Crippen LogP contribution in [0.1, 0.15) is 147 Å². The van der Waals surface area contributed by atoms with Gasteiger partial charge in [-0.3, -0.25) is 0 Å². The summed E-state index contributed by atoms with van der Waals surface area (Å²) in [4.78, 5) is 13.5. The van der Waals surface area contributed by atoms with Crippen molar-refractivity contribution < 1.29 is 4.79 Å². The normalized spacial score (nSPS) is 12.8. The first kappa shape index (κ1) is 48.7. The Balaban J connectivity index is -0.000000441. The fraction of sp³-hybridized carbons (Fsp3) is 0.524. The van der Waals surface area contributed by atoms with Crippen molar-refractivity contribution in [3.05, 3.63) is 100.0 Å². The summed E-state index contributed by atoms with van der Waals surface area (Å²) in [6.45, 7) is 41.6. The average Bonchev–Trinajstić information content (AvgIpc) is 3.12. The maximum absolute atomic E-state index is 8.81. The summed E-state index contributed by atoms with van der Waals surface area (Å²) < 4.78 is 0. The van der Waals surface area contributed by atoms with Crippen molar-refractivity contribution in [1.29, 1.82) is 0 Å². The van der Waals surface area contributed by atoms with Crippen LogP contribution in [0.2, 0.25) is 0 Å². The Morgan fingerprint density at radius 3 is 1.82 bits per heavy atom.